The summed E-state index contributed by atoms with van der Waals surface area (Å²) in [7, 11) is 1.96. The van der Waals surface area contributed by atoms with Gasteiger partial charge in [0.25, 0.3) is 0 Å². The molecule has 0 saturated heterocycles. The predicted molar refractivity (Wildman–Crippen MR) is 167 cm³/mol. The normalized spacial score (nSPS) is 28.9. The molecular formula is C35H46F5NO3S. The standard InChI is InChI=1S/C35H46F5NO3S/c1-33-22-29(32-27-12-10-26(42)21-25(27)9-11-28(32)30(33)13-14-31(33)43)24-7-5-23(6-8-24)15-18-41(2)17-4-20-45(44)19-3-16-34(36,37)35(38,39)40/h5-8,10,12,21,28-32,42-43H,3-4,9,11,13-20,22H2,1-2H3/t28-,29+,30-,31-,32+,33-,45?/m0/s1. The highest BCUT2D eigenvalue weighted by molar-refractivity contribution is 7.91. The minimum absolute atomic E-state index is 0.0978. The second-order valence-electron chi connectivity index (χ2n) is 13.9. The topological polar surface area (TPSA) is 66.8 Å². The Morgan fingerprint density at radius 1 is 0.978 bits per heavy atom. The number of aromatic hydroxyl groups is 1. The summed E-state index contributed by atoms with van der Waals surface area (Å²) in [5, 5.41) is 21.3. The second kappa shape index (κ2) is 13.7. The number of halogens is 5. The lowest BCUT2D eigenvalue weighted by molar-refractivity contribution is -0.284. The molecule has 7 atom stereocenters. The van der Waals surface area contributed by atoms with Gasteiger partial charge < -0.3 is 19.7 Å². The van der Waals surface area contributed by atoms with E-state index < -0.39 is 36.1 Å². The van der Waals surface area contributed by atoms with E-state index in [-0.39, 0.29) is 28.9 Å². The molecule has 2 aromatic rings. The highest BCUT2D eigenvalue weighted by atomic mass is 32.2. The molecule has 5 rings (SSSR count). The minimum atomic E-state index is -5.56. The molecule has 2 fully saturated rings. The zero-order valence-corrected chi connectivity index (χ0v) is 27.0. The number of phenolic OH excluding ortho intramolecular Hbond substituents is 1. The van der Waals surface area contributed by atoms with Crippen LogP contribution in [0.15, 0.2) is 42.5 Å². The molecule has 3 aliphatic carbocycles. The van der Waals surface area contributed by atoms with E-state index in [0.717, 1.165) is 45.1 Å². The van der Waals surface area contributed by atoms with Crippen LogP contribution in [0.3, 0.4) is 0 Å². The average Bonchev–Trinajstić information content (AvgIpc) is 3.28. The molecule has 2 saturated carbocycles. The van der Waals surface area contributed by atoms with E-state index in [1.54, 1.807) is 0 Å². The van der Waals surface area contributed by atoms with Crippen LogP contribution in [0.1, 0.15) is 86.0 Å². The molecule has 3 aliphatic rings. The third kappa shape index (κ3) is 7.49. The maximum absolute atomic E-state index is 13.0. The van der Waals surface area contributed by atoms with Gasteiger partial charge >= 0.3 is 12.1 Å². The van der Waals surface area contributed by atoms with Crippen LogP contribution in [-0.2, 0) is 24.0 Å². The fourth-order valence-corrected chi connectivity index (χ4v) is 9.67. The molecule has 10 heteroatoms. The second-order valence-corrected chi connectivity index (χ2v) is 15.6. The quantitative estimate of drug-likeness (QED) is 0.183. The van der Waals surface area contributed by atoms with Crippen LogP contribution >= 0.6 is 0 Å². The van der Waals surface area contributed by atoms with Crippen molar-refractivity contribution in [3.05, 3.63) is 64.7 Å². The molecule has 0 amide bonds. The van der Waals surface area contributed by atoms with Crippen molar-refractivity contribution in [3.63, 3.8) is 0 Å². The van der Waals surface area contributed by atoms with Crippen molar-refractivity contribution in [3.8, 4) is 5.75 Å². The van der Waals surface area contributed by atoms with Gasteiger partial charge in [0, 0.05) is 25.9 Å². The number of fused-ring (bicyclic) bond motifs is 5. The van der Waals surface area contributed by atoms with Crippen molar-refractivity contribution in [1.82, 2.24) is 4.90 Å². The molecule has 45 heavy (non-hydrogen) atoms. The number of phenols is 1. The zero-order valence-electron chi connectivity index (χ0n) is 26.2. The molecule has 250 valence electrons. The number of rotatable bonds is 12. The Kier molecular flexibility index (Phi) is 10.5. The van der Waals surface area contributed by atoms with E-state index in [9.17, 15) is 36.7 Å². The lowest BCUT2D eigenvalue weighted by atomic mass is 9.51. The zero-order chi connectivity index (χ0) is 32.6. The molecule has 0 aliphatic heterocycles. The molecule has 2 N–H and O–H groups in total. The van der Waals surface area contributed by atoms with Gasteiger partial charge in [0.05, 0.1) is 6.10 Å². The van der Waals surface area contributed by atoms with E-state index in [4.69, 9.17) is 0 Å². The van der Waals surface area contributed by atoms with E-state index in [1.807, 2.05) is 19.2 Å². The first-order chi connectivity index (χ1) is 21.2. The summed E-state index contributed by atoms with van der Waals surface area (Å²) < 4.78 is 75.1. The van der Waals surface area contributed by atoms with E-state index in [0.29, 0.717) is 36.5 Å². The highest BCUT2D eigenvalue weighted by Gasteiger charge is 2.58. The molecule has 0 aromatic heterocycles. The van der Waals surface area contributed by atoms with Gasteiger partial charge in [-0.05, 0) is 115 Å². The molecule has 4 nitrogen and oxygen atoms in total. The van der Waals surface area contributed by atoms with Gasteiger partial charge in [-0.25, -0.2) is 0 Å². The predicted octanol–water partition coefficient (Wildman–Crippen LogP) is 7.59. The number of hydrogen-bond donors (Lipinski definition) is 2. The Morgan fingerprint density at radius 3 is 2.40 bits per heavy atom. The molecule has 1 unspecified atom stereocenters. The van der Waals surface area contributed by atoms with Crippen LogP contribution < -0.4 is 0 Å². The Balaban J connectivity index is 1.15. The van der Waals surface area contributed by atoms with Crippen LogP contribution in [-0.4, -0.2) is 69.5 Å². The first kappa shape index (κ1) is 34.5. The molecule has 0 radical (unpaired) electrons. The molecule has 2 aromatic carbocycles. The molecule has 0 heterocycles. The number of nitrogens with zero attached hydrogens (tertiary/aromatic N) is 1. The average molecular weight is 656 g/mol. The van der Waals surface area contributed by atoms with Crippen molar-refractivity contribution < 1.29 is 36.7 Å². The fraction of sp³-hybridized carbons (Fsp3) is 0.657. The van der Waals surface area contributed by atoms with Gasteiger partial charge in [-0.2, -0.15) is 22.0 Å². The van der Waals surface area contributed by atoms with Gasteiger partial charge in [0.1, 0.15) is 17.3 Å². The van der Waals surface area contributed by atoms with Gasteiger partial charge in [-0.15, -0.1) is 0 Å². The summed E-state index contributed by atoms with van der Waals surface area (Å²) in [6, 6.07) is 14.7. The Bertz CT molecular complexity index is 1290. The minimum Gasteiger partial charge on any atom is -0.616 e. The lowest BCUT2D eigenvalue weighted by Crippen LogP contribution is -2.47. The van der Waals surface area contributed by atoms with Gasteiger partial charge in [-0.3, -0.25) is 0 Å². The third-order valence-corrected chi connectivity index (χ3v) is 12.5. The van der Waals surface area contributed by atoms with Gasteiger partial charge in [-0.1, -0.05) is 48.4 Å². The van der Waals surface area contributed by atoms with Crippen LogP contribution in [0, 0.1) is 17.3 Å². The van der Waals surface area contributed by atoms with E-state index in [1.165, 1.54) is 22.3 Å². The van der Waals surface area contributed by atoms with Crippen LogP contribution in [0.5, 0.6) is 5.75 Å². The van der Waals surface area contributed by atoms with Gasteiger partial charge in [0.15, 0.2) is 0 Å². The smallest absolute Gasteiger partial charge is 0.453 e. The van der Waals surface area contributed by atoms with E-state index in [2.05, 4.69) is 42.2 Å². The summed E-state index contributed by atoms with van der Waals surface area (Å²) in [6.45, 7) is 3.72. The Hall–Kier alpha value is -1.88. The summed E-state index contributed by atoms with van der Waals surface area (Å²) in [5.74, 6) is -2.65. The number of alkyl halides is 5. The van der Waals surface area contributed by atoms with E-state index >= 15 is 0 Å². The maximum Gasteiger partial charge on any atom is 0.453 e. The number of likely N-dealkylation sites (N-methyl/N-ethyl adjacent to an activating group) is 1. The molecule has 0 spiro atoms. The number of aliphatic hydroxyl groups is 1. The lowest BCUT2D eigenvalue weighted by Gasteiger charge is -2.54. The number of benzene rings is 2. The monoisotopic (exact) mass is 655 g/mol. The van der Waals surface area contributed by atoms with Crippen molar-refractivity contribution >= 4 is 11.2 Å². The SMILES string of the molecule is CN(CCC[S+]([O-])CCCC(F)(F)C(F)(F)F)CCc1ccc([C@H]2C[C@]3(C)[C@@H](O)CC[C@H]3[C@@H]3CCc4cc(O)ccc4[C@H]32)cc1. The molecule has 0 bridgehead atoms. The summed E-state index contributed by atoms with van der Waals surface area (Å²) in [5.41, 5.74) is 4.99. The third-order valence-electron chi connectivity index (χ3n) is 11.0. The van der Waals surface area contributed by atoms with Crippen molar-refractivity contribution in [2.75, 3.05) is 31.6 Å². The van der Waals surface area contributed by atoms with Crippen molar-refractivity contribution in [1.29, 1.82) is 0 Å². The van der Waals surface area contributed by atoms with Crippen molar-refractivity contribution in [2.24, 2.45) is 17.3 Å². The number of aliphatic hydroxyl groups excluding tert-OH is 1. The Labute approximate surface area is 266 Å². The number of hydrogen-bond acceptors (Lipinski definition) is 4. The molecular weight excluding hydrogens is 609 g/mol. The number of aryl methyl sites for hydroxylation is 1. The van der Waals surface area contributed by atoms with Crippen molar-refractivity contribution in [2.45, 2.75) is 94.7 Å². The first-order valence-corrected chi connectivity index (χ1v) is 17.7. The summed E-state index contributed by atoms with van der Waals surface area (Å²) in [6.07, 6.45) is -1.29. The largest absolute Gasteiger partial charge is 0.616 e. The van der Waals surface area contributed by atoms with Crippen LogP contribution in [0.25, 0.3) is 0 Å². The Morgan fingerprint density at radius 2 is 1.69 bits per heavy atom. The van der Waals surface area contributed by atoms with Gasteiger partial charge in [0.2, 0.25) is 0 Å². The summed E-state index contributed by atoms with van der Waals surface area (Å²) >= 11 is -1.42. The maximum atomic E-state index is 13.0. The summed E-state index contributed by atoms with van der Waals surface area (Å²) in [4.78, 5) is 2.12. The van der Waals surface area contributed by atoms with Crippen LogP contribution in [0.2, 0.25) is 0 Å². The fourth-order valence-electron chi connectivity index (χ4n) is 8.55. The van der Waals surface area contributed by atoms with Crippen LogP contribution in [0.4, 0.5) is 22.0 Å². The highest BCUT2D eigenvalue weighted by Crippen LogP contribution is 2.65. The first-order valence-electron chi connectivity index (χ1n) is 16.3.